The van der Waals surface area contributed by atoms with E-state index >= 15 is 0 Å². The lowest BCUT2D eigenvalue weighted by Crippen LogP contribution is -2.59. The van der Waals surface area contributed by atoms with Crippen LogP contribution in [0.5, 0.6) is 11.5 Å². The summed E-state index contributed by atoms with van der Waals surface area (Å²) >= 11 is 4.88. The Hall–Kier alpha value is -8.61. The molecule has 2 aliphatic carbocycles. The molecule has 10 N–H and O–H groups in total. The highest BCUT2D eigenvalue weighted by Crippen LogP contribution is 2.43. The number of anilines is 2. The van der Waals surface area contributed by atoms with E-state index in [-0.39, 0.29) is 107 Å². The van der Waals surface area contributed by atoms with Crippen LogP contribution in [-0.4, -0.2) is 170 Å². The topological polar surface area (TPSA) is 352 Å². The van der Waals surface area contributed by atoms with Gasteiger partial charge in [-0.05, 0) is 159 Å². The molecule has 33 heteroatoms. The lowest BCUT2D eigenvalue weighted by molar-refractivity contribution is -0.145. The number of aromatic nitrogens is 2. The van der Waals surface area contributed by atoms with Crippen LogP contribution in [-0.2, 0) is 56.3 Å². The number of aliphatic hydroxyl groups excluding tert-OH is 2. The molecule has 0 spiro atoms. The van der Waals surface area contributed by atoms with Crippen LogP contribution >= 0.6 is 45.3 Å². The Morgan fingerprint density at radius 1 is 0.574 bits per heavy atom. The number of aliphatic hydroxyl groups is 2. The van der Waals surface area contributed by atoms with E-state index in [0.29, 0.717) is 52.0 Å². The van der Waals surface area contributed by atoms with E-state index in [2.05, 4.69) is 42.0 Å². The van der Waals surface area contributed by atoms with Crippen LogP contribution in [0.25, 0.3) is 20.9 Å². The molecular formula is C89H117F5IN11O14S2. The van der Waals surface area contributed by atoms with Gasteiger partial charge < -0.3 is 61.8 Å². The van der Waals surface area contributed by atoms with Gasteiger partial charge in [-0.3, -0.25) is 48.0 Å². The number of rotatable bonds is 45. The first-order valence-electron chi connectivity index (χ1n) is 42.2. The number of halogens is 6. The maximum Gasteiger partial charge on any atom is 0.277 e. The Balaban J connectivity index is 0.000000300. The van der Waals surface area contributed by atoms with Crippen LogP contribution in [0.15, 0.2) is 77.8 Å². The SMILES string of the molecule is Cc1ncsc1-c1ccc(CNC(=O)C2C[C@@H](O)CN2C(=O)[C@@H](NC(=O)C2(F)CC2)C(C)(C)C)c(OCC(=O)CCCCCCCCCCCCONC(=O)c2ccc(F)c(F)c2Nc2ccc(I)cc2F)c1.Cc1ncsc1-c1ccc(CNC(=O)C2C[C@@H](O)CN2C(=O)[C@@H](NC(=O)C2(F)CC2)C(C)(C)C)c(OCC(=O)CCCCCCCCN)c1. The second-order valence-electron chi connectivity index (χ2n) is 34.3. The predicted molar refractivity (Wildman–Crippen MR) is 465 cm³/mol. The molecule has 6 aromatic rings. The molecule has 0 radical (unpaired) electrons. The maximum atomic E-state index is 14.7. The van der Waals surface area contributed by atoms with Crippen molar-refractivity contribution in [2.75, 3.05) is 44.8 Å². The summed E-state index contributed by atoms with van der Waals surface area (Å²) in [6.07, 6.45) is 14.6. The van der Waals surface area contributed by atoms with E-state index in [4.69, 9.17) is 20.0 Å². The Morgan fingerprint density at radius 3 is 1.40 bits per heavy atom. The molecule has 2 saturated carbocycles. The fourth-order valence-corrected chi connectivity index (χ4v) is 16.5. The first-order valence-corrected chi connectivity index (χ1v) is 45.0. The predicted octanol–water partition coefficient (Wildman–Crippen LogP) is 14.5. The highest BCUT2D eigenvalue weighted by atomic mass is 127. The summed E-state index contributed by atoms with van der Waals surface area (Å²) < 4.78 is 85.1. The lowest BCUT2D eigenvalue weighted by Gasteiger charge is -2.35. The first-order chi connectivity index (χ1) is 58.0. The molecule has 4 aromatic carbocycles. The van der Waals surface area contributed by atoms with Crippen molar-refractivity contribution < 1.29 is 89.6 Å². The van der Waals surface area contributed by atoms with Gasteiger partial charge in [0.1, 0.15) is 54.7 Å². The summed E-state index contributed by atoms with van der Waals surface area (Å²) in [6, 6.07) is 12.9. The third-order valence-electron chi connectivity index (χ3n) is 22.1. The van der Waals surface area contributed by atoms with Crippen LogP contribution in [0, 0.1) is 45.7 Å². The zero-order chi connectivity index (χ0) is 88.6. The van der Waals surface area contributed by atoms with Crippen molar-refractivity contribution in [2.24, 2.45) is 16.6 Å². The van der Waals surface area contributed by atoms with Crippen LogP contribution in [0.1, 0.15) is 229 Å². The van der Waals surface area contributed by atoms with Crippen molar-refractivity contribution in [1.82, 2.24) is 46.5 Å². The van der Waals surface area contributed by atoms with Crippen LogP contribution in [0.4, 0.5) is 33.3 Å². The lowest BCUT2D eigenvalue weighted by atomic mass is 9.85. The number of ketones is 2. The molecule has 2 aromatic heterocycles. The Labute approximate surface area is 732 Å². The number of hydroxylamine groups is 1. The number of hydrogen-bond donors (Lipinski definition) is 9. The highest BCUT2D eigenvalue weighted by molar-refractivity contribution is 14.1. The van der Waals surface area contributed by atoms with Crippen molar-refractivity contribution in [2.45, 2.75) is 270 Å². The minimum Gasteiger partial charge on any atom is -0.485 e. The first kappa shape index (κ1) is 97.2. The smallest absolute Gasteiger partial charge is 0.277 e. The summed E-state index contributed by atoms with van der Waals surface area (Å²) in [6.45, 7) is 14.8. The number of nitrogens with two attached hydrogens (primary N) is 1. The number of nitrogens with one attached hydrogen (secondary N) is 6. The number of thiazole rings is 2. The van der Waals surface area contributed by atoms with Gasteiger partial charge in [-0.1, -0.05) is 143 Å². The fourth-order valence-electron chi connectivity index (χ4n) is 14.5. The quantitative estimate of drug-likeness (QED) is 0.00742. The standard InChI is InChI=1S/C53H65F4IN6O8S.C36H52FN5O6S/c1-32-46(73-31-60-32)33-16-17-34(28-59-49(68)42-27-37(66)29-64(42)50(69)47(52(2,3)4)62-51(70)53(57)22-23-53)43(25-33)71-30-36(65)15-13-11-9-7-5-6-8-10-12-14-24-72-63-48(67)38-19-20-39(54)44(56)45(38)61-41-21-18-35(58)26-40(41)55;1-23-30(49-22-40-23)24-12-13-25(29(17-24)48-21-26(43)11-9-7-5-6-8-10-16-38)19-39-32(45)28-18-27(44)20-42(28)33(46)31(35(2,3)4)41-34(47)36(37)14-15-36/h16-21,25-26,31,37,42,47,61,66H,5-15,22-24,27-30H2,1-4H3,(H,59,68)(H,62,70)(H,63,67);12-13,17,22,27-28,31,44H,5-11,14-16,18-21,38H2,1-4H3,(H,39,45)(H,41,47)/t37-,42?,47-;27-,28?,31-/m11/s1. The van der Waals surface area contributed by atoms with E-state index in [1.165, 1.54) is 44.6 Å². The molecule has 4 fully saturated rings. The summed E-state index contributed by atoms with van der Waals surface area (Å²) in [5.74, 6) is -7.02. The Morgan fingerprint density at radius 2 is 1.00 bits per heavy atom. The van der Waals surface area contributed by atoms with Gasteiger partial charge in [0.25, 0.3) is 17.7 Å². The zero-order valence-corrected chi connectivity index (χ0v) is 74.6. The molecule has 4 aliphatic rings. The molecule has 6 atom stereocenters. The third kappa shape index (κ3) is 28.2. The molecule has 2 saturated heterocycles. The molecule has 7 amide bonds. The minimum absolute atomic E-state index is 0.00122. The van der Waals surface area contributed by atoms with Gasteiger partial charge in [0.2, 0.25) is 23.6 Å². The second-order valence-corrected chi connectivity index (χ2v) is 37.3. The van der Waals surface area contributed by atoms with Crippen LogP contribution < -0.4 is 47.3 Å². The number of β-amino-alcohol motifs (C(OH)–C–C–N with tert-alkyl or cyclic N) is 2. The number of ether oxygens (including phenoxy) is 2. The number of likely N-dealkylation sites (tertiary alicyclic amines) is 2. The monoisotopic (exact) mass is 1850 g/mol. The van der Waals surface area contributed by atoms with Crippen molar-refractivity contribution >= 4 is 110 Å². The molecule has 2 unspecified atom stereocenters. The number of amides is 7. The van der Waals surface area contributed by atoms with E-state index in [0.717, 1.165) is 141 Å². The van der Waals surface area contributed by atoms with Crippen molar-refractivity contribution in [3.8, 4) is 32.4 Å². The van der Waals surface area contributed by atoms with E-state index < -0.39 is 123 Å². The van der Waals surface area contributed by atoms with Gasteiger partial charge in [-0.25, -0.2) is 37.4 Å². The maximum absolute atomic E-state index is 14.7. The van der Waals surface area contributed by atoms with E-state index in [1.54, 1.807) is 58.6 Å². The number of carbonyl (C=O) groups excluding carboxylic acids is 9. The molecule has 10 rings (SSSR count). The van der Waals surface area contributed by atoms with Gasteiger partial charge in [0.05, 0.1) is 67.9 Å². The molecule has 122 heavy (non-hydrogen) atoms. The van der Waals surface area contributed by atoms with Crippen LogP contribution in [0.2, 0.25) is 0 Å². The minimum atomic E-state index is -2.00. The number of hydrogen-bond acceptors (Lipinski definition) is 20. The largest absolute Gasteiger partial charge is 0.485 e. The fraction of sp³-hybridized carbons (Fsp3) is 0.562. The molecule has 2 aliphatic heterocycles. The van der Waals surface area contributed by atoms with Crippen molar-refractivity contribution in [1.29, 1.82) is 0 Å². The number of aryl methyl sites for hydroxylation is 2. The van der Waals surface area contributed by atoms with E-state index in [1.807, 2.05) is 72.8 Å². The molecule has 25 nitrogen and oxygen atoms in total. The van der Waals surface area contributed by atoms with Gasteiger partial charge in [-0.15, -0.1) is 22.7 Å². The summed E-state index contributed by atoms with van der Waals surface area (Å²) in [5.41, 5.74) is 9.56. The van der Waals surface area contributed by atoms with Crippen molar-refractivity contribution in [3.63, 3.8) is 0 Å². The van der Waals surface area contributed by atoms with Gasteiger partial charge in [0.15, 0.2) is 34.5 Å². The van der Waals surface area contributed by atoms with Crippen molar-refractivity contribution in [3.05, 3.63) is 127 Å². The zero-order valence-electron chi connectivity index (χ0n) is 70.8. The normalized spacial score (nSPS) is 17.5. The number of Topliss-reactive ketones (excluding diaryl/α,β-unsaturated/α-hetero) is 2. The number of nitrogens with zero attached hydrogens (tertiary/aromatic N) is 4. The Bertz CT molecular complexity index is 4610. The summed E-state index contributed by atoms with van der Waals surface area (Å²) in [5, 5.41) is 34.5. The van der Waals surface area contributed by atoms with Gasteiger partial charge >= 0.3 is 0 Å². The average molecular weight is 1850 g/mol. The highest BCUT2D eigenvalue weighted by Gasteiger charge is 2.55. The number of benzene rings is 4. The van der Waals surface area contributed by atoms with Gasteiger partial charge in [-0.2, -0.15) is 0 Å². The van der Waals surface area contributed by atoms with Gasteiger partial charge in [0, 0.05) is 66.6 Å². The number of unbranched alkanes of at least 4 members (excludes halogenated alkanes) is 14. The molecular weight excluding hydrogens is 1730 g/mol. The summed E-state index contributed by atoms with van der Waals surface area (Å²) in [7, 11) is 0. The third-order valence-corrected chi connectivity index (χ3v) is 24.7. The van der Waals surface area contributed by atoms with Crippen LogP contribution in [0.3, 0.4) is 0 Å². The summed E-state index contributed by atoms with van der Waals surface area (Å²) in [4.78, 5) is 137. The number of alkyl halides is 2. The number of carbonyl (C=O) groups is 9. The van der Waals surface area contributed by atoms with E-state index in [9.17, 15) is 75.3 Å². The second kappa shape index (κ2) is 45.3. The Kier molecular flexibility index (Phi) is 36.1. The molecule has 666 valence electrons. The molecule has 4 heterocycles. The molecule has 0 bridgehead atoms. The average Bonchev–Trinajstić information content (AvgIpc) is 1.63.